The monoisotopic (exact) mass is 341 g/mol. The minimum Gasteiger partial charge on any atom is -0.444 e. The summed E-state index contributed by atoms with van der Waals surface area (Å²) in [6, 6.07) is 8.96. The highest BCUT2D eigenvalue weighted by Crippen LogP contribution is 2.09. The molecule has 1 unspecified atom stereocenters. The van der Waals surface area contributed by atoms with Gasteiger partial charge in [0.05, 0.1) is 11.4 Å². The van der Waals surface area contributed by atoms with Crippen molar-refractivity contribution < 1.29 is 14.3 Å². The molecular weight excluding hydrogens is 322 g/mol. The summed E-state index contributed by atoms with van der Waals surface area (Å²) in [4.78, 5) is 23.7. The maximum Gasteiger partial charge on any atom is 0.408 e. The maximum absolute atomic E-state index is 11.9. The minimum atomic E-state index is -0.591. The summed E-state index contributed by atoms with van der Waals surface area (Å²) in [5, 5.41) is 2.83. The molecule has 4 nitrogen and oxygen atoms in total. The van der Waals surface area contributed by atoms with Crippen LogP contribution in [-0.2, 0) is 16.0 Å². The van der Waals surface area contributed by atoms with Crippen LogP contribution in [0.4, 0.5) is 4.79 Å². The zero-order valence-corrected chi connectivity index (χ0v) is 13.6. The molecule has 0 aliphatic carbocycles. The molecule has 20 heavy (non-hydrogen) atoms. The van der Waals surface area contributed by atoms with Gasteiger partial charge in [-0.05, 0) is 32.8 Å². The Labute approximate surface area is 128 Å². The molecule has 0 saturated carbocycles. The van der Waals surface area contributed by atoms with Crippen LogP contribution in [0, 0.1) is 0 Å². The molecule has 1 N–H and O–H groups in total. The van der Waals surface area contributed by atoms with Gasteiger partial charge in [0.1, 0.15) is 5.60 Å². The second-order valence-corrected chi connectivity index (χ2v) is 6.05. The Morgan fingerprint density at radius 2 is 1.85 bits per heavy atom. The number of hydrogen-bond donors (Lipinski definition) is 1. The number of rotatable bonds is 5. The van der Waals surface area contributed by atoms with E-state index in [1.807, 2.05) is 30.3 Å². The summed E-state index contributed by atoms with van der Waals surface area (Å²) in [5.41, 5.74) is 0.404. The number of benzene rings is 1. The van der Waals surface area contributed by atoms with Crippen LogP contribution in [0.25, 0.3) is 0 Å². The molecule has 110 valence electrons. The van der Waals surface area contributed by atoms with Gasteiger partial charge in [0, 0.05) is 0 Å². The number of Topliss-reactive ketones (excluding diaryl/α,β-unsaturated/α-hetero) is 1. The largest absolute Gasteiger partial charge is 0.444 e. The zero-order valence-electron chi connectivity index (χ0n) is 12.0. The van der Waals surface area contributed by atoms with Crippen molar-refractivity contribution in [2.45, 2.75) is 38.8 Å². The number of ether oxygens (including phenoxy) is 1. The standard InChI is InChI=1S/C15H20BrNO3/c1-15(2,3)20-14(19)17-12(13(18)10-16)9-11-7-5-4-6-8-11/h4-8,12H,9-10H2,1-3H3,(H,17,19). The first kappa shape index (κ1) is 16.7. The van der Waals surface area contributed by atoms with Crippen molar-refractivity contribution >= 4 is 27.8 Å². The van der Waals surface area contributed by atoms with Crippen molar-refractivity contribution in [3.63, 3.8) is 0 Å². The molecule has 0 bridgehead atoms. The molecule has 1 amide bonds. The smallest absolute Gasteiger partial charge is 0.408 e. The fourth-order valence-electron chi connectivity index (χ4n) is 1.64. The van der Waals surface area contributed by atoms with Gasteiger partial charge in [0.15, 0.2) is 5.78 Å². The van der Waals surface area contributed by atoms with Gasteiger partial charge in [-0.25, -0.2) is 4.79 Å². The van der Waals surface area contributed by atoms with Gasteiger partial charge in [-0.3, -0.25) is 4.79 Å². The summed E-state index contributed by atoms with van der Waals surface area (Å²) >= 11 is 3.14. The molecule has 0 aliphatic rings. The molecule has 0 saturated heterocycles. The molecule has 0 aliphatic heterocycles. The summed E-state index contributed by atoms with van der Waals surface area (Å²) < 4.78 is 5.18. The van der Waals surface area contributed by atoms with Crippen molar-refractivity contribution in [3.8, 4) is 0 Å². The van der Waals surface area contributed by atoms with Crippen molar-refractivity contribution in [2.75, 3.05) is 5.33 Å². The topological polar surface area (TPSA) is 55.4 Å². The highest BCUT2D eigenvalue weighted by atomic mass is 79.9. The van der Waals surface area contributed by atoms with E-state index in [9.17, 15) is 9.59 Å². The number of alkyl carbamates (subject to hydrolysis) is 1. The fraction of sp³-hybridized carbons (Fsp3) is 0.467. The molecule has 1 rings (SSSR count). The van der Waals surface area contributed by atoms with Crippen LogP contribution in [0.3, 0.4) is 0 Å². The Morgan fingerprint density at radius 3 is 2.35 bits per heavy atom. The average molecular weight is 342 g/mol. The molecule has 0 spiro atoms. The van der Waals surface area contributed by atoms with E-state index < -0.39 is 17.7 Å². The Bertz CT molecular complexity index is 454. The van der Waals surface area contributed by atoms with Gasteiger partial charge < -0.3 is 10.1 Å². The predicted molar refractivity (Wildman–Crippen MR) is 82.1 cm³/mol. The first-order valence-electron chi connectivity index (χ1n) is 6.44. The third-order valence-electron chi connectivity index (χ3n) is 2.49. The number of hydrogen-bond acceptors (Lipinski definition) is 3. The van der Waals surface area contributed by atoms with Crippen LogP contribution in [0.15, 0.2) is 30.3 Å². The highest BCUT2D eigenvalue weighted by molar-refractivity contribution is 9.09. The van der Waals surface area contributed by atoms with Crippen molar-refractivity contribution in [1.82, 2.24) is 5.32 Å². The van der Waals surface area contributed by atoms with Crippen LogP contribution in [0.5, 0.6) is 0 Å². The molecule has 1 atom stereocenters. The first-order valence-corrected chi connectivity index (χ1v) is 7.56. The number of halogens is 1. The van der Waals surface area contributed by atoms with Crippen molar-refractivity contribution in [3.05, 3.63) is 35.9 Å². The van der Waals surface area contributed by atoms with Gasteiger partial charge in [0.2, 0.25) is 0 Å². The first-order chi connectivity index (χ1) is 9.31. The molecule has 0 heterocycles. The minimum absolute atomic E-state index is 0.0836. The number of amides is 1. The predicted octanol–water partition coefficient (Wildman–Crippen LogP) is 3.09. The van der Waals surface area contributed by atoms with Gasteiger partial charge >= 0.3 is 6.09 Å². The van der Waals surface area contributed by atoms with Crippen LogP contribution < -0.4 is 5.32 Å². The summed E-state index contributed by atoms with van der Waals surface area (Å²) in [7, 11) is 0. The molecule has 0 radical (unpaired) electrons. The summed E-state index contributed by atoms with van der Waals surface area (Å²) in [6.45, 7) is 5.35. The van der Waals surface area contributed by atoms with E-state index in [1.165, 1.54) is 0 Å². The molecule has 0 aromatic heterocycles. The van der Waals surface area contributed by atoms with E-state index in [2.05, 4.69) is 21.2 Å². The highest BCUT2D eigenvalue weighted by Gasteiger charge is 2.23. The van der Waals surface area contributed by atoms with Crippen LogP contribution in [0.1, 0.15) is 26.3 Å². The van der Waals surface area contributed by atoms with Crippen LogP contribution >= 0.6 is 15.9 Å². The second kappa shape index (κ2) is 7.43. The lowest BCUT2D eigenvalue weighted by atomic mass is 10.0. The molecule has 5 heteroatoms. The quantitative estimate of drug-likeness (QED) is 0.837. The van der Waals surface area contributed by atoms with Crippen LogP contribution in [-0.4, -0.2) is 28.8 Å². The molecule has 0 fully saturated rings. The summed E-state index contributed by atoms with van der Waals surface area (Å²) in [5.74, 6) is -0.0836. The molecular formula is C15H20BrNO3. The Hall–Kier alpha value is -1.36. The van der Waals surface area contributed by atoms with E-state index >= 15 is 0 Å². The van der Waals surface area contributed by atoms with E-state index in [4.69, 9.17) is 4.74 Å². The Morgan fingerprint density at radius 1 is 1.25 bits per heavy atom. The Kier molecular flexibility index (Phi) is 6.20. The molecule has 1 aromatic carbocycles. The Balaban J connectivity index is 2.70. The zero-order chi connectivity index (χ0) is 15.2. The van der Waals surface area contributed by atoms with Gasteiger partial charge in [-0.1, -0.05) is 46.3 Å². The normalized spacial score (nSPS) is 12.6. The van der Waals surface area contributed by atoms with Gasteiger partial charge in [-0.15, -0.1) is 0 Å². The number of carbonyl (C=O) groups is 2. The van der Waals surface area contributed by atoms with Crippen LogP contribution in [0.2, 0.25) is 0 Å². The lowest BCUT2D eigenvalue weighted by molar-refractivity contribution is -0.118. The lowest BCUT2D eigenvalue weighted by Crippen LogP contribution is -2.45. The van der Waals surface area contributed by atoms with Gasteiger partial charge in [-0.2, -0.15) is 0 Å². The van der Waals surface area contributed by atoms with E-state index in [-0.39, 0.29) is 11.1 Å². The second-order valence-electron chi connectivity index (χ2n) is 5.49. The maximum atomic E-state index is 11.9. The SMILES string of the molecule is CC(C)(C)OC(=O)NC(Cc1ccccc1)C(=O)CBr. The third kappa shape index (κ3) is 6.19. The average Bonchev–Trinajstić information content (AvgIpc) is 2.36. The molecule has 1 aromatic rings. The van der Waals surface area contributed by atoms with E-state index in [1.54, 1.807) is 20.8 Å². The van der Waals surface area contributed by atoms with Crippen molar-refractivity contribution in [1.29, 1.82) is 0 Å². The number of nitrogens with one attached hydrogen (secondary N) is 1. The lowest BCUT2D eigenvalue weighted by Gasteiger charge is -2.23. The van der Waals surface area contributed by atoms with E-state index in [0.29, 0.717) is 6.42 Å². The van der Waals surface area contributed by atoms with Crippen molar-refractivity contribution in [2.24, 2.45) is 0 Å². The van der Waals surface area contributed by atoms with Gasteiger partial charge in [0.25, 0.3) is 0 Å². The fourth-order valence-corrected chi connectivity index (χ4v) is 2.03. The third-order valence-corrected chi connectivity index (χ3v) is 3.05. The number of alkyl halides is 1. The summed E-state index contributed by atoms with van der Waals surface area (Å²) in [6.07, 6.45) is -0.127. The van der Waals surface area contributed by atoms with E-state index in [0.717, 1.165) is 5.56 Å². The number of carbonyl (C=O) groups excluding carboxylic acids is 2. The number of ketones is 1.